The van der Waals surface area contributed by atoms with Gasteiger partial charge >= 0.3 is 0 Å². The molecule has 0 aromatic rings. The maximum atomic E-state index is 9.17. The van der Waals surface area contributed by atoms with Gasteiger partial charge in [0, 0.05) is 6.42 Å². The van der Waals surface area contributed by atoms with Gasteiger partial charge in [-0.05, 0) is 0 Å². The molecular formula is C3H8O3. The average molecular weight is 92.1 g/mol. The second-order valence-corrected chi connectivity index (χ2v) is 0.575. The van der Waals surface area contributed by atoms with Crippen LogP contribution in [-0.2, 0) is 4.79 Å². The van der Waals surface area contributed by atoms with Crippen LogP contribution in [0.15, 0.2) is 0 Å². The summed E-state index contributed by atoms with van der Waals surface area (Å²) in [5.41, 5.74) is 0. The quantitative estimate of drug-likeness (QED) is 0.283. The maximum Gasteiger partial charge on any atom is 0.119 e. The van der Waals surface area contributed by atoms with Crippen molar-refractivity contribution in [1.29, 1.82) is 0 Å². The summed E-state index contributed by atoms with van der Waals surface area (Å²) in [5.74, 6) is 0. The van der Waals surface area contributed by atoms with Gasteiger partial charge in [0.05, 0.1) is 0 Å². The fraction of sp³-hybridized carbons (Fsp3) is 0.667. The van der Waals surface area contributed by atoms with Crippen LogP contribution in [0.25, 0.3) is 0 Å². The molecule has 0 aliphatic carbocycles. The van der Waals surface area contributed by atoms with Crippen molar-refractivity contribution in [2.24, 2.45) is 0 Å². The molecule has 0 atom stereocenters. The van der Waals surface area contributed by atoms with E-state index in [1.54, 1.807) is 0 Å². The summed E-state index contributed by atoms with van der Waals surface area (Å²) in [7, 11) is 0. The number of carbonyl (C=O) groups is 1. The van der Waals surface area contributed by atoms with Crippen molar-refractivity contribution in [3.8, 4) is 0 Å². The van der Waals surface area contributed by atoms with Crippen molar-refractivity contribution in [1.82, 2.24) is 0 Å². The van der Waals surface area contributed by atoms with Gasteiger partial charge in [0.25, 0.3) is 0 Å². The molecule has 0 unspecified atom stereocenters. The number of carbonyl (C=O) groups excluding carboxylic acids is 1. The summed E-state index contributed by atoms with van der Waals surface area (Å²) in [6.45, 7) is 1.81. The molecule has 0 aromatic carbocycles. The first-order chi connectivity index (χ1) is 2.91. The van der Waals surface area contributed by atoms with Crippen molar-refractivity contribution in [2.45, 2.75) is 13.3 Å². The van der Waals surface area contributed by atoms with Crippen LogP contribution in [0.3, 0.4) is 0 Å². The highest BCUT2D eigenvalue weighted by atomic mass is 17.0. The van der Waals surface area contributed by atoms with Gasteiger partial charge in [-0.3, -0.25) is 10.5 Å². The summed E-state index contributed by atoms with van der Waals surface area (Å²) < 4.78 is 0. The summed E-state index contributed by atoms with van der Waals surface area (Å²) >= 11 is 0. The Hall–Kier alpha value is -0.410. The highest BCUT2D eigenvalue weighted by Gasteiger charge is 1.52. The number of hydrogen-bond donors (Lipinski definition) is 2. The van der Waals surface area contributed by atoms with Crippen molar-refractivity contribution >= 4 is 6.29 Å². The summed E-state index contributed by atoms with van der Waals surface area (Å²) in [6, 6.07) is 0. The second kappa shape index (κ2) is 23.4. The Kier molecular flexibility index (Phi) is 35.6. The molecule has 0 rings (SSSR count). The largest absolute Gasteiger partial charge is 0.303 e. The Labute approximate surface area is 36.2 Å². The van der Waals surface area contributed by atoms with E-state index in [0.29, 0.717) is 6.42 Å². The van der Waals surface area contributed by atoms with Crippen LogP contribution >= 0.6 is 0 Å². The minimum absolute atomic E-state index is 0.639. The molecule has 0 radical (unpaired) electrons. The zero-order chi connectivity index (χ0) is 5.41. The fourth-order valence-electron chi connectivity index (χ4n) is 0. The van der Waals surface area contributed by atoms with Gasteiger partial charge in [0.1, 0.15) is 6.29 Å². The van der Waals surface area contributed by atoms with Gasteiger partial charge in [-0.15, -0.1) is 0 Å². The Morgan fingerprint density at radius 1 is 1.67 bits per heavy atom. The van der Waals surface area contributed by atoms with Crippen LogP contribution in [0, 0.1) is 0 Å². The van der Waals surface area contributed by atoms with Gasteiger partial charge in [-0.2, -0.15) is 0 Å². The highest BCUT2D eigenvalue weighted by Crippen LogP contribution is 1.53. The van der Waals surface area contributed by atoms with E-state index in [2.05, 4.69) is 0 Å². The third kappa shape index (κ3) is 69.2. The van der Waals surface area contributed by atoms with Crippen molar-refractivity contribution in [2.75, 3.05) is 0 Å². The molecular weight excluding hydrogens is 84.0 g/mol. The van der Waals surface area contributed by atoms with Crippen molar-refractivity contribution < 1.29 is 15.3 Å². The van der Waals surface area contributed by atoms with Crippen LogP contribution in [0.4, 0.5) is 0 Å². The summed E-state index contributed by atoms with van der Waals surface area (Å²) in [4.78, 5) is 9.17. The van der Waals surface area contributed by atoms with Gasteiger partial charge < -0.3 is 4.79 Å². The molecule has 0 saturated carbocycles. The molecule has 38 valence electrons. The molecule has 0 heterocycles. The van der Waals surface area contributed by atoms with E-state index < -0.39 is 0 Å². The first-order valence-corrected chi connectivity index (χ1v) is 1.55. The topological polar surface area (TPSA) is 57.5 Å². The van der Waals surface area contributed by atoms with E-state index in [1.165, 1.54) is 0 Å². The third-order valence-electron chi connectivity index (χ3n) is 0.167. The predicted molar refractivity (Wildman–Crippen MR) is 21.6 cm³/mol. The molecule has 3 heteroatoms. The van der Waals surface area contributed by atoms with E-state index in [1.807, 2.05) is 6.92 Å². The lowest BCUT2D eigenvalue weighted by Crippen LogP contribution is -1.55. The lowest BCUT2D eigenvalue weighted by Gasteiger charge is -1.51. The zero-order valence-corrected chi connectivity index (χ0v) is 3.59. The molecule has 0 aliphatic heterocycles. The monoisotopic (exact) mass is 92.0 g/mol. The summed E-state index contributed by atoms with van der Waals surface area (Å²) in [5, 5.41) is 12.0. The molecule has 0 aliphatic rings. The van der Waals surface area contributed by atoms with E-state index in [9.17, 15) is 4.79 Å². The van der Waals surface area contributed by atoms with Crippen LogP contribution in [0.2, 0.25) is 0 Å². The van der Waals surface area contributed by atoms with Crippen LogP contribution in [-0.4, -0.2) is 16.8 Å². The van der Waals surface area contributed by atoms with E-state index in [0.717, 1.165) is 6.29 Å². The fourth-order valence-corrected chi connectivity index (χ4v) is 0. The lowest BCUT2D eigenvalue weighted by molar-refractivity contribution is -0.176. The molecule has 0 saturated heterocycles. The van der Waals surface area contributed by atoms with Crippen LogP contribution in [0.5, 0.6) is 0 Å². The van der Waals surface area contributed by atoms with E-state index >= 15 is 0 Å². The molecule has 2 N–H and O–H groups in total. The standard InChI is InChI=1S/C3H6O.H2O2/c1-2-3-4;1-2/h3H,2H2,1H3;1-2H. The Balaban J connectivity index is 0. The minimum Gasteiger partial charge on any atom is -0.303 e. The van der Waals surface area contributed by atoms with E-state index in [-0.39, 0.29) is 0 Å². The lowest BCUT2D eigenvalue weighted by atomic mass is 10.6. The smallest absolute Gasteiger partial charge is 0.119 e. The SMILES string of the molecule is CCC=O.OO. The molecule has 0 amide bonds. The van der Waals surface area contributed by atoms with Gasteiger partial charge in [0.15, 0.2) is 0 Å². The molecule has 0 aromatic heterocycles. The minimum atomic E-state index is 0.639. The first-order valence-electron chi connectivity index (χ1n) is 1.55. The Bertz CT molecular complexity index is 20.0. The highest BCUT2D eigenvalue weighted by molar-refractivity contribution is 5.48. The van der Waals surface area contributed by atoms with Crippen LogP contribution < -0.4 is 0 Å². The number of hydrogen-bond acceptors (Lipinski definition) is 3. The average Bonchev–Trinajstić information content (AvgIpc) is 1.72. The normalized spacial score (nSPS) is 5.17. The van der Waals surface area contributed by atoms with Crippen LogP contribution in [0.1, 0.15) is 13.3 Å². The van der Waals surface area contributed by atoms with Gasteiger partial charge in [-0.1, -0.05) is 6.92 Å². The molecule has 3 nitrogen and oxygen atoms in total. The van der Waals surface area contributed by atoms with E-state index in [4.69, 9.17) is 10.5 Å². The maximum absolute atomic E-state index is 9.17. The molecule has 0 bridgehead atoms. The Morgan fingerprint density at radius 2 is 1.83 bits per heavy atom. The van der Waals surface area contributed by atoms with Gasteiger partial charge in [0.2, 0.25) is 0 Å². The molecule has 0 spiro atoms. The number of aldehydes is 1. The summed E-state index contributed by atoms with van der Waals surface area (Å²) in [6.07, 6.45) is 1.51. The predicted octanol–water partition coefficient (Wildman–Crippen LogP) is 0.613. The second-order valence-electron chi connectivity index (χ2n) is 0.575. The third-order valence-corrected chi connectivity index (χ3v) is 0.167. The van der Waals surface area contributed by atoms with Gasteiger partial charge in [-0.25, -0.2) is 0 Å². The number of rotatable bonds is 1. The zero-order valence-electron chi connectivity index (χ0n) is 3.59. The Morgan fingerprint density at radius 3 is 1.83 bits per heavy atom. The molecule has 0 fully saturated rings. The van der Waals surface area contributed by atoms with Crippen molar-refractivity contribution in [3.05, 3.63) is 0 Å². The first kappa shape index (κ1) is 9.14. The molecule has 6 heavy (non-hydrogen) atoms. The van der Waals surface area contributed by atoms with Crippen molar-refractivity contribution in [3.63, 3.8) is 0 Å².